The molecular weight excluding hydrogens is 463 g/mol. The summed E-state index contributed by atoms with van der Waals surface area (Å²) in [4.78, 5) is 14.7. The van der Waals surface area contributed by atoms with E-state index in [1.54, 1.807) is 6.33 Å². The highest BCUT2D eigenvalue weighted by Gasteiger charge is 2.24. The minimum Gasteiger partial charge on any atom is -0.368 e. The third-order valence-electron chi connectivity index (χ3n) is 5.20. The first-order chi connectivity index (χ1) is 13.5. The molecule has 0 atom stereocenters. The maximum Gasteiger partial charge on any atom is 0.223 e. The second-order valence-electron chi connectivity index (χ2n) is 7.62. The van der Waals surface area contributed by atoms with E-state index >= 15 is 0 Å². The number of nitrogen functional groups attached to an aromatic ring is 1. The van der Waals surface area contributed by atoms with Crippen LogP contribution in [0.3, 0.4) is 0 Å². The molecule has 0 radical (unpaired) electrons. The number of quaternary nitrogens is 1. The van der Waals surface area contributed by atoms with Crippen LogP contribution in [0.15, 0.2) is 6.33 Å². The lowest BCUT2D eigenvalue weighted by Crippen LogP contribution is -2.50. The summed E-state index contributed by atoms with van der Waals surface area (Å²) in [7, 11) is 0. The van der Waals surface area contributed by atoms with Crippen molar-refractivity contribution >= 4 is 39.7 Å². The van der Waals surface area contributed by atoms with Gasteiger partial charge in [0.2, 0.25) is 5.95 Å². The largest absolute Gasteiger partial charge is 0.368 e. The SMILES string of the molecule is CCCC[N+](CCCC)(CCCC)CCCC.Nc1nc(I)c2[nH]cnc2n1. The first kappa shape index (κ1) is 25.1. The van der Waals surface area contributed by atoms with Gasteiger partial charge in [-0.15, -0.1) is 0 Å². The van der Waals surface area contributed by atoms with Crippen LogP contribution in [-0.4, -0.2) is 50.6 Å². The number of fused-ring (bicyclic) bond motifs is 1. The Morgan fingerprint density at radius 3 is 1.75 bits per heavy atom. The average molecular weight is 503 g/mol. The Labute approximate surface area is 184 Å². The molecule has 0 aliphatic rings. The molecule has 0 aliphatic heterocycles. The molecule has 0 aromatic carbocycles. The van der Waals surface area contributed by atoms with Crippen LogP contribution in [0.1, 0.15) is 79.1 Å². The van der Waals surface area contributed by atoms with E-state index in [2.05, 4.69) is 70.2 Å². The van der Waals surface area contributed by atoms with Crippen LogP contribution in [0, 0.1) is 3.70 Å². The number of nitrogens with zero attached hydrogens (tertiary/aromatic N) is 4. The van der Waals surface area contributed by atoms with E-state index in [1.165, 1.54) is 82.0 Å². The van der Waals surface area contributed by atoms with Gasteiger partial charge in [-0.25, -0.2) is 9.97 Å². The highest BCUT2D eigenvalue weighted by Crippen LogP contribution is 2.16. The summed E-state index contributed by atoms with van der Waals surface area (Å²) in [6.45, 7) is 15.0. The maximum absolute atomic E-state index is 5.40. The van der Waals surface area contributed by atoms with Gasteiger partial charge in [0.15, 0.2) is 5.65 Å². The van der Waals surface area contributed by atoms with E-state index in [0.29, 0.717) is 5.65 Å². The van der Waals surface area contributed by atoms with Crippen LogP contribution in [0.4, 0.5) is 5.95 Å². The van der Waals surface area contributed by atoms with Crippen molar-refractivity contribution in [1.29, 1.82) is 0 Å². The molecule has 0 saturated heterocycles. The summed E-state index contributed by atoms with van der Waals surface area (Å²) >= 11 is 2.08. The number of hydrogen-bond donors (Lipinski definition) is 2. The van der Waals surface area contributed by atoms with Gasteiger partial charge in [-0.3, -0.25) is 0 Å². The van der Waals surface area contributed by atoms with Crippen molar-refractivity contribution in [2.45, 2.75) is 79.1 Å². The van der Waals surface area contributed by atoms with E-state index in [1.807, 2.05) is 0 Å². The number of H-pyrrole nitrogens is 1. The van der Waals surface area contributed by atoms with Crippen LogP contribution < -0.4 is 5.73 Å². The Morgan fingerprint density at radius 2 is 1.32 bits per heavy atom. The molecule has 0 spiro atoms. The molecular formula is C21H40IN6+. The predicted molar refractivity (Wildman–Crippen MR) is 128 cm³/mol. The summed E-state index contributed by atoms with van der Waals surface area (Å²) in [5.74, 6) is 0.258. The number of rotatable bonds is 12. The van der Waals surface area contributed by atoms with Crippen LogP contribution in [0.25, 0.3) is 11.2 Å². The number of imidazole rings is 1. The molecule has 2 aromatic rings. The predicted octanol–water partition coefficient (Wildman–Crippen LogP) is 5.54. The molecule has 0 unspecified atom stereocenters. The number of unbranched alkanes of at least 4 members (excludes halogenated alkanes) is 4. The fourth-order valence-electron chi connectivity index (χ4n) is 3.46. The summed E-state index contributed by atoms with van der Waals surface area (Å²) in [5.41, 5.74) is 6.85. The number of nitrogens with two attached hydrogens (primary N) is 1. The van der Waals surface area contributed by atoms with Crippen molar-refractivity contribution in [1.82, 2.24) is 19.9 Å². The zero-order valence-corrected chi connectivity index (χ0v) is 20.5. The molecule has 6 nitrogen and oxygen atoms in total. The zero-order valence-electron chi connectivity index (χ0n) is 18.3. The summed E-state index contributed by atoms with van der Waals surface area (Å²) in [6, 6.07) is 0. The monoisotopic (exact) mass is 503 g/mol. The number of halogens is 1. The Kier molecular flexibility index (Phi) is 12.6. The molecule has 2 aromatic heterocycles. The van der Waals surface area contributed by atoms with Gasteiger partial charge in [-0.1, -0.05) is 53.4 Å². The van der Waals surface area contributed by atoms with Crippen LogP contribution in [-0.2, 0) is 0 Å². The van der Waals surface area contributed by atoms with Crippen molar-refractivity contribution in [3.8, 4) is 0 Å². The molecule has 3 N–H and O–H groups in total. The van der Waals surface area contributed by atoms with E-state index in [-0.39, 0.29) is 5.95 Å². The van der Waals surface area contributed by atoms with Crippen molar-refractivity contribution < 1.29 is 4.48 Å². The van der Waals surface area contributed by atoms with Crippen LogP contribution >= 0.6 is 22.6 Å². The lowest BCUT2D eigenvalue weighted by molar-refractivity contribution is -0.929. The smallest absolute Gasteiger partial charge is 0.223 e. The summed E-state index contributed by atoms with van der Waals surface area (Å²) in [5, 5.41) is 0. The topological polar surface area (TPSA) is 80.5 Å². The Balaban J connectivity index is 0.000000302. The third-order valence-corrected chi connectivity index (χ3v) is 5.98. The number of aromatic nitrogens is 4. The quantitative estimate of drug-likeness (QED) is 0.226. The Hall–Kier alpha value is -0.960. The lowest BCUT2D eigenvalue weighted by atomic mass is 10.1. The average Bonchev–Trinajstić information content (AvgIpc) is 3.16. The van der Waals surface area contributed by atoms with Gasteiger partial charge in [0, 0.05) is 0 Å². The number of hydrogen-bond acceptors (Lipinski definition) is 4. The van der Waals surface area contributed by atoms with Gasteiger partial charge in [-0.2, -0.15) is 4.98 Å². The van der Waals surface area contributed by atoms with Gasteiger partial charge >= 0.3 is 0 Å². The van der Waals surface area contributed by atoms with E-state index in [4.69, 9.17) is 5.73 Å². The highest BCUT2D eigenvalue weighted by atomic mass is 127. The van der Waals surface area contributed by atoms with Crippen molar-refractivity contribution in [3.63, 3.8) is 0 Å². The fraction of sp³-hybridized carbons (Fsp3) is 0.762. The van der Waals surface area contributed by atoms with Crippen LogP contribution in [0.5, 0.6) is 0 Å². The number of nitrogens with one attached hydrogen (secondary N) is 1. The minimum atomic E-state index is 0.258. The lowest BCUT2D eigenvalue weighted by Gasteiger charge is -2.39. The number of aromatic amines is 1. The minimum absolute atomic E-state index is 0.258. The number of anilines is 1. The van der Waals surface area contributed by atoms with Gasteiger partial charge in [-0.05, 0) is 48.3 Å². The standard InChI is InChI=1S/C16H36N.C5H4IN5/c1-5-9-13-17(14-10-6-2,15-11-7-3)16-12-8-4;6-3-2-4(9-1-8-2)11-5(7)10-3/h5-16H2,1-4H3;1H,(H3,7,8,9,10,11)/q+1;. The molecule has 2 rings (SSSR count). The van der Waals surface area contributed by atoms with Gasteiger partial charge in [0.25, 0.3) is 0 Å². The molecule has 28 heavy (non-hydrogen) atoms. The molecule has 0 saturated carbocycles. The Morgan fingerprint density at radius 1 is 0.857 bits per heavy atom. The molecule has 0 fully saturated rings. The van der Waals surface area contributed by atoms with Gasteiger partial charge in [0.05, 0.1) is 32.5 Å². The summed E-state index contributed by atoms with van der Waals surface area (Å²) in [6.07, 6.45) is 12.6. The second kappa shape index (κ2) is 14.1. The Bertz CT molecular complexity index is 620. The van der Waals surface area contributed by atoms with E-state index in [0.717, 1.165) is 9.22 Å². The van der Waals surface area contributed by atoms with E-state index < -0.39 is 0 Å². The van der Waals surface area contributed by atoms with E-state index in [9.17, 15) is 0 Å². The van der Waals surface area contributed by atoms with Crippen molar-refractivity contribution in [3.05, 3.63) is 10.0 Å². The zero-order chi connectivity index (χ0) is 20.8. The summed E-state index contributed by atoms with van der Waals surface area (Å²) < 4.78 is 2.21. The van der Waals surface area contributed by atoms with Gasteiger partial charge in [0.1, 0.15) is 9.22 Å². The first-order valence-corrected chi connectivity index (χ1v) is 12.1. The van der Waals surface area contributed by atoms with Crippen molar-refractivity contribution in [2.75, 3.05) is 31.9 Å². The first-order valence-electron chi connectivity index (χ1n) is 11.0. The molecule has 160 valence electrons. The molecule has 7 heteroatoms. The molecule has 2 heterocycles. The fourth-order valence-corrected chi connectivity index (χ4v) is 4.10. The normalized spacial score (nSPS) is 11.5. The maximum atomic E-state index is 5.40. The van der Waals surface area contributed by atoms with Crippen LogP contribution in [0.2, 0.25) is 0 Å². The third kappa shape index (κ3) is 8.59. The second-order valence-corrected chi connectivity index (χ2v) is 8.65. The molecule has 0 amide bonds. The van der Waals surface area contributed by atoms with Gasteiger partial charge < -0.3 is 15.2 Å². The highest BCUT2D eigenvalue weighted by molar-refractivity contribution is 14.1. The molecule has 0 bridgehead atoms. The molecule has 0 aliphatic carbocycles. The van der Waals surface area contributed by atoms with Crippen molar-refractivity contribution in [2.24, 2.45) is 0 Å².